The zero-order chi connectivity index (χ0) is 17.1. The second-order valence-corrected chi connectivity index (χ2v) is 7.07. The van der Waals surface area contributed by atoms with Gasteiger partial charge in [-0.2, -0.15) is 0 Å². The van der Waals surface area contributed by atoms with Crippen LogP contribution in [0.25, 0.3) is 0 Å². The average molecular weight is 322 g/mol. The van der Waals surface area contributed by atoms with Gasteiger partial charge in [0.15, 0.2) is 0 Å². The van der Waals surface area contributed by atoms with Crippen LogP contribution in [0.5, 0.6) is 0 Å². The van der Waals surface area contributed by atoms with Crippen molar-refractivity contribution in [3.63, 3.8) is 0 Å². The van der Waals surface area contributed by atoms with Gasteiger partial charge in [-0.25, -0.2) is 0 Å². The standard InChI is InChI=1S/C11H19N2.C8H16O2/c12-13-11-8-4-6-9-5-2-1-3-7-10(9)11;1-3-5-6-7(4-2)8(9)10/h9-10,12H,1-8H2;7H,3-6H2,1-2H3,(H,9,10)/q+1;/p-1. The van der Waals surface area contributed by atoms with Crippen LogP contribution in [-0.2, 0) is 4.79 Å². The monoisotopic (exact) mass is 322 g/mol. The first-order chi connectivity index (χ1) is 11.1. The molecule has 0 aliphatic heterocycles. The molecule has 2 rings (SSSR count). The average Bonchev–Trinajstić information content (AvgIpc) is 2.81. The molecule has 0 spiro atoms. The number of hydrogen-bond acceptors (Lipinski definition) is 3. The minimum absolute atomic E-state index is 0.222. The lowest BCUT2D eigenvalue weighted by Gasteiger charge is -2.24. The molecule has 1 N–H and O–H groups in total. The normalized spacial score (nSPS) is 25.2. The van der Waals surface area contributed by atoms with Crippen molar-refractivity contribution in [3.05, 3.63) is 0 Å². The summed E-state index contributed by atoms with van der Waals surface area (Å²) in [6.07, 6.45) is 14.2. The maximum atomic E-state index is 10.3. The molecular weight excluding hydrogens is 288 g/mol. The van der Waals surface area contributed by atoms with E-state index in [2.05, 4.69) is 11.7 Å². The van der Waals surface area contributed by atoms with E-state index in [-0.39, 0.29) is 5.92 Å². The van der Waals surface area contributed by atoms with Gasteiger partial charge in [-0.05, 0) is 50.4 Å². The molecule has 0 aromatic rings. The van der Waals surface area contributed by atoms with E-state index in [1.807, 2.05) is 6.92 Å². The summed E-state index contributed by atoms with van der Waals surface area (Å²) in [6, 6.07) is 0. The quantitative estimate of drug-likeness (QED) is 0.613. The summed E-state index contributed by atoms with van der Waals surface area (Å²) in [5, 5.41) is 10.3. The van der Waals surface area contributed by atoms with Crippen LogP contribution in [0.2, 0.25) is 0 Å². The van der Waals surface area contributed by atoms with Crippen molar-refractivity contribution in [2.24, 2.45) is 17.8 Å². The van der Waals surface area contributed by atoms with Crippen molar-refractivity contribution in [2.45, 2.75) is 90.9 Å². The van der Waals surface area contributed by atoms with Crippen molar-refractivity contribution in [1.82, 2.24) is 0 Å². The Labute approximate surface area is 141 Å². The molecule has 0 aromatic heterocycles. The van der Waals surface area contributed by atoms with E-state index in [4.69, 9.17) is 5.53 Å². The van der Waals surface area contributed by atoms with Gasteiger partial charge in [-0.1, -0.05) is 46.0 Å². The van der Waals surface area contributed by atoms with Crippen LogP contribution in [0, 0.1) is 23.3 Å². The molecule has 0 heterocycles. The molecule has 4 nitrogen and oxygen atoms in total. The van der Waals surface area contributed by atoms with Crippen molar-refractivity contribution < 1.29 is 14.7 Å². The van der Waals surface area contributed by atoms with Gasteiger partial charge < -0.3 is 9.90 Å². The molecule has 2 aliphatic rings. The molecule has 2 fully saturated rings. The largest absolute Gasteiger partial charge is 0.550 e. The van der Waals surface area contributed by atoms with Crippen molar-refractivity contribution in [1.29, 1.82) is 5.53 Å². The first-order valence-electron chi connectivity index (χ1n) is 9.58. The van der Waals surface area contributed by atoms with Gasteiger partial charge in [0, 0.05) is 17.2 Å². The molecule has 3 atom stereocenters. The van der Waals surface area contributed by atoms with E-state index in [0.717, 1.165) is 31.6 Å². The summed E-state index contributed by atoms with van der Waals surface area (Å²) in [5.41, 5.74) is 8.39. The highest BCUT2D eigenvalue weighted by molar-refractivity contribution is 5.82. The summed E-state index contributed by atoms with van der Waals surface area (Å²) in [4.78, 5) is 14.1. The first kappa shape index (κ1) is 19.9. The fourth-order valence-electron chi connectivity index (χ4n) is 3.98. The highest BCUT2D eigenvalue weighted by atomic mass is 16.4. The van der Waals surface area contributed by atoms with Crippen molar-refractivity contribution in [3.8, 4) is 0 Å². The number of aliphatic carboxylic acids is 1. The zero-order valence-electron chi connectivity index (χ0n) is 15.0. The molecule has 0 bridgehead atoms. The molecule has 0 aromatic carbocycles. The number of rotatable bonds is 5. The van der Waals surface area contributed by atoms with Crippen LogP contribution in [0.15, 0.2) is 0 Å². The minimum atomic E-state index is -0.893. The number of carboxylic acid groups (broad SMARTS) is 1. The Morgan fingerprint density at radius 3 is 2.52 bits per heavy atom. The Hall–Kier alpha value is -1.15. The number of nitrogens with one attached hydrogen (secondary N) is 1. The van der Waals surface area contributed by atoms with Crippen LogP contribution in [0.4, 0.5) is 0 Å². The third-order valence-electron chi connectivity index (χ3n) is 5.47. The molecule has 23 heavy (non-hydrogen) atoms. The molecule has 0 amide bonds. The van der Waals surface area contributed by atoms with Gasteiger partial charge in [0.05, 0.1) is 11.4 Å². The number of unbranched alkanes of at least 4 members (excludes halogenated alkanes) is 1. The fourth-order valence-corrected chi connectivity index (χ4v) is 3.98. The molecule has 0 saturated heterocycles. The third-order valence-corrected chi connectivity index (χ3v) is 5.47. The maximum Gasteiger partial charge on any atom is 0.321 e. The number of carbonyl (C=O) groups is 1. The van der Waals surface area contributed by atoms with E-state index >= 15 is 0 Å². The first-order valence-corrected chi connectivity index (χ1v) is 9.58. The predicted molar refractivity (Wildman–Crippen MR) is 90.2 cm³/mol. The summed E-state index contributed by atoms with van der Waals surface area (Å²) >= 11 is 0. The van der Waals surface area contributed by atoms with Crippen molar-refractivity contribution in [2.75, 3.05) is 0 Å². The smallest absolute Gasteiger partial charge is 0.321 e. The van der Waals surface area contributed by atoms with Crippen LogP contribution in [0.1, 0.15) is 90.9 Å². The fraction of sp³-hybridized carbons (Fsp3) is 0.895. The molecule has 0 radical (unpaired) electrons. The molecule has 4 heteroatoms. The number of nitrogens with zero attached hydrogens (tertiary/aromatic N) is 1. The van der Waals surface area contributed by atoms with E-state index in [1.54, 1.807) is 0 Å². The minimum Gasteiger partial charge on any atom is -0.550 e. The van der Waals surface area contributed by atoms with Gasteiger partial charge in [0.2, 0.25) is 0 Å². The van der Waals surface area contributed by atoms with Crippen LogP contribution >= 0.6 is 0 Å². The zero-order valence-corrected chi connectivity index (χ0v) is 15.0. The van der Waals surface area contributed by atoms with Gasteiger partial charge in [0.1, 0.15) is 0 Å². The summed E-state index contributed by atoms with van der Waals surface area (Å²) in [7, 11) is 0. The lowest BCUT2D eigenvalue weighted by molar-refractivity contribution is -0.311. The summed E-state index contributed by atoms with van der Waals surface area (Å²) in [5.74, 6) is 0.449. The molecule has 2 aliphatic carbocycles. The lowest BCUT2D eigenvalue weighted by atomic mass is 9.75. The maximum absolute atomic E-state index is 10.3. The Bertz CT molecular complexity index is 402. The molecule has 3 unspecified atom stereocenters. The number of fused-ring (bicyclic) bond motifs is 1. The second kappa shape index (κ2) is 11.4. The van der Waals surface area contributed by atoms with Crippen molar-refractivity contribution >= 4 is 11.7 Å². The van der Waals surface area contributed by atoms with Gasteiger partial charge >= 0.3 is 5.71 Å². The predicted octanol–water partition coefficient (Wildman–Crippen LogP) is 4.00. The number of carbonyl (C=O) groups excluding carboxylic acids is 1. The third kappa shape index (κ3) is 6.87. The Morgan fingerprint density at radius 1 is 1.22 bits per heavy atom. The Kier molecular flexibility index (Phi) is 9.86. The SMILES string of the molecule is CCCCC(CC)C(=O)[O-].N=[N+]=C1CCCC2CCCCCC12. The van der Waals surface area contributed by atoms with Crippen LogP contribution in [-0.4, -0.2) is 16.5 Å². The van der Waals surface area contributed by atoms with Crippen LogP contribution < -0.4 is 5.11 Å². The molecular formula is C19H34N2O2. The van der Waals surface area contributed by atoms with E-state index in [1.165, 1.54) is 50.7 Å². The van der Waals surface area contributed by atoms with Gasteiger partial charge in [-0.3, -0.25) is 0 Å². The van der Waals surface area contributed by atoms with E-state index < -0.39 is 5.97 Å². The highest BCUT2D eigenvalue weighted by Gasteiger charge is 2.37. The van der Waals surface area contributed by atoms with Gasteiger partial charge in [-0.15, -0.1) is 0 Å². The Balaban J connectivity index is 0.000000241. The molecule has 2 saturated carbocycles. The lowest BCUT2D eigenvalue weighted by Crippen LogP contribution is -2.30. The summed E-state index contributed by atoms with van der Waals surface area (Å²) < 4.78 is 0. The topological polar surface area (TPSA) is 78.1 Å². The van der Waals surface area contributed by atoms with Gasteiger partial charge in [0.25, 0.3) is 0 Å². The van der Waals surface area contributed by atoms with E-state index in [9.17, 15) is 9.90 Å². The second-order valence-electron chi connectivity index (χ2n) is 7.07. The van der Waals surface area contributed by atoms with Crippen LogP contribution in [0.3, 0.4) is 0 Å². The van der Waals surface area contributed by atoms with E-state index in [0.29, 0.717) is 12.3 Å². The number of hydrogen-bond donors (Lipinski definition) is 1. The summed E-state index contributed by atoms with van der Waals surface area (Å²) in [6.45, 7) is 3.94. The highest BCUT2D eigenvalue weighted by Crippen LogP contribution is 2.37. The molecule has 132 valence electrons. The Morgan fingerprint density at radius 2 is 1.91 bits per heavy atom. The number of carboxylic acids is 1.